The van der Waals surface area contributed by atoms with Crippen molar-refractivity contribution in [2.75, 3.05) is 34.5 Å². The molecule has 0 radical (unpaired) electrons. The van der Waals surface area contributed by atoms with Crippen LogP contribution in [0.5, 0.6) is 17.2 Å². The smallest absolute Gasteiger partial charge is 0.331 e. The summed E-state index contributed by atoms with van der Waals surface area (Å²) in [5, 5.41) is 7.67. The van der Waals surface area contributed by atoms with Crippen LogP contribution in [0.25, 0.3) is 6.08 Å². The van der Waals surface area contributed by atoms with Gasteiger partial charge in [0.15, 0.2) is 18.1 Å². The second kappa shape index (κ2) is 11.9. The lowest BCUT2D eigenvalue weighted by molar-refractivity contribution is -0.143. The van der Waals surface area contributed by atoms with Gasteiger partial charge in [-0.3, -0.25) is 4.79 Å². The fraction of sp³-hybridized carbons (Fsp3) is 0.273. The molecule has 0 saturated carbocycles. The molecule has 178 valence electrons. The van der Waals surface area contributed by atoms with E-state index in [1.54, 1.807) is 24.3 Å². The van der Waals surface area contributed by atoms with Crippen molar-refractivity contribution >= 4 is 28.0 Å². The van der Waals surface area contributed by atoms with E-state index in [-0.39, 0.29) is 11.4 Å². The molecule has 0 atom stereocenters. The van der Waals surface area contributed by atoms with E-state index >= 15 is 0 Å². The summed E-state index contributed by atoms with van der Waals surface area (Å²) in [6.45, 7) is -0.158. The van der Waals surface area contributed by atoms with E-state index in [1.807, 2.05) is 0 Å². The minimum atomic E-state index is -3.74. The molecule has 0 aliphatic carbocycles. The first-order valence-corrected chi connectivity index (χ1v) is 11.3. The molecular formula is C22H26N2O8S. The zero-order valence-corrected chi connectivity index (χ0v) is 19.3. The van der Waals surface area contributed by atoms with Crippen LogP contribution >= 0.6 is 0 Å². The van der Waals surface area contributed by atoms with Crippen LogP contribution in [0.3, 0.4) is 0 Å². The first-order valence-electron chi connectivity index (χ1n) is 9.71. The molecule has 33 heavy (non-hydrogen) atoms. The van der Waals surface area contributed by atoms with E-state index in [1.165, 1.54) is 45.6 Å². The van der Waals surface area contributed by atoms with Crippen LogP contribution in [0.15, 0.2) is 47.4 Å². The largest absolute Gasteiger partial charge is 0.493 e. The van der Waals surface area contributed by atoms with Gasteiger partial charge in [-0.15, -0.1) is 0 Å². The summed E-state index contributed by atoms with van der Waals surface area (Å²) in [5.74, 6) is 0.131. The number of carbonyl (C=O) groups is 2. The van der Waals surface area contributed by atoms with Crippen LogP contribution < -0.4 is 24.7 Å². The highest BCUT2D eigenvalue weighted by atomic mass is 32.2. The number of carbonyl (C=O) groups excluding carboxylic acids is 2. The first kappa shape index (κ1) is 25.7. The summed E-state index contributed by atoms with van der Waals surface area (Å²) in [6.07, 6.45) is 3.14. The second-order valence-corrected chi connectivity index (χ2v) is 8.25. The number of amides is 1. The molecule has 0 aliphatic rings. The van der Waals surface area contributed by atoms with Crippen molar-refractivity contribution in [3.05, 3.63) is 53.6 Å². The van der Waals surface area contributed by atoms with E-state index in [9.17, 15) is 18.0 Å². The molecule has 2 aromatic carbocycles. The number of nitrogens with two attached hydrogens (primary N) is 1. The van der Waals surface area contributed by atoms with Crippen LogP contribution in [0, 0.1) is 0 Å². The molecule has 1 amide bonds. The Morgan fingerprint density at radius 2 is 1.61 bits per heavy atom. The highest BCUT2D eigenvalue weighted by Crippen LogP contribution is 2.38. The molecule has 0 bridgehead atoms. The van der Waals surface area contributed by atoms with Gasteiger partial charge in [0.2, 0.25) is 15.8 Å². The molecule has 0 saturated heterocycles. The monoisotopic (exact) mass is 478 g/mol. The van der Waals surface area contributed by atoms with Crippen molar-refractivity contribution in [2.45, 2.75) is 11.3 Å². The Balaban J connectivity index is 1.81. The third-order valence-electron chi connectivity index (χ3n) is 4.43. The SMILES string of the molecule is COc1cc(/C=C/C(=O)OCC(=O)NCCc2ccc(S(N)(=O)=O)cc2)cc(OC)c1OC. The van der Waals surface area contributed by atoms with Crippen molar-refractivity contribution in [1.82, 2.24) is 5.32 Å². The third-order valence-corrected chi connectivity index (χ3v) is 5.36. The third kappa shape index (κ3) is 7.81. The van der Waals surface area contributed by atoms with E-state index < -0.39 is 28.5 Å². The van der Waals surface area contributed by atoms with Crippen LogP contribution in [0.2, 0.25) is 0 Å². The molecule has 0 aliphatic heterocycles. The summed E-state index contributed by atoms with van der Waals surface area (Å²) in [5.41, 5.74) is 1.42. The fourth-order valence-electron chi connectivity index (χ4n) is 2.79. The number of rotatable bonds is 11. The average Bonchev–Trinajstić information content (AvgIpc) is 2.80. The lowest BCUT2D eigenvalue weighted by Gasteiger charge is -2.12. The van der Waals surface area contributed by atoms with Gasteiger partial charge in [-0.1, -0.05) is 12.1 Å². The fourth-order valence-corrected chi connectivity index (χ4v) is 3.31. The Bertz CT molecular complexity index is 1090. The number of benzene rings is 2. The van der Waals surface area contributed by atoms with Crippen LogP contribution in [0.1, 0.15) is 11.1 Å². The quantitative estimate of drug-likeness (QED) is 0.363. The highest BCUT2D eigenvalue weighted by molar-refractivity contribution is 7.89. The standard InChI is InChI=1S/C22H26N2O8S/c1-29-18-12-16(13-19(30-2)22(18)31-3)6-9-21(26)32-14-20(25)24-11-10-15-4-7-17(8-5-15)33(23,27)28/h4-9,12-13H,10-11,14H2,1-3H3,(H,24,25)(H2,23,27,28)/b9-6+. The number of sulfonamides is 1. The van der Waals surface area contributed by atoms with Gasteiger partial charge in [0, 0.05) is 12.6 Å². The van der Waals surface area contributed by atoms with E-state index in [2.05, 4.69) is 5.32 Å². The number of primary sulfonamides is 1. The van der Waals surface area contributed by atoms with Crippen molar-refractivity contribution in [3.63, 3.8) is 0 Å². The Morgan fingerprint density at radius 3 is 2.12 bits per heavy atom. The maximum Gasteiger partial charge on any atom is 0.331 e. The Kier molecular flexibility index (Phi) is 9.25. The molecular weight excluding hydrogens is 452 g/mol. The van der Waals surface area contributed by atoms with Crippen molar-refractivity contribution in [2.24, 2.45) is 5.14 Å². The van der Waals surface area contributed by atoms with Crippen molar-refractivity contribution in [3.8, 4) is 17.2 Å². The van der Waals surface area contributed by atoms with Gasteiger partial charge in [0.25, 0.3) is 5.91 Å². The normalized spacial score (nSPS) is 11.2. The molecule has 10 nitrogen and oxygen atoms in total. The summed E-state index contributed by atoms with van der Waals surface area (Å²) >= 11 is 0. The Morgan fingerprint density at radius 1 is 1.00 bits per heavy atom. The van der Waals surface area contributed by atoms with Crippen LogP contribution in [-0.2, 0) is 30.8 Å². The number of methoxy groups -OCH3 is 3. The molecule has 0 heterocycles. The minimum Gasteiger partial charge on any atom is -0.493 e. The van der Waals surface area contributed by atoms with Gasteiger partial charge in [-0.25, -0.2) is 18.4 Å². The molecule has 0 fully saturated rings. The maximum absolute atomic E-state index is 11.9. The lowest BCUT2D eigenvalue weighted by Crippen LogP contribution is -2.30. The second-order valence-electron chi connectivity index (χ2n) is 6.69. The van der Waals surface area contributed by atoms with Gasteiger partial charge in [-0.2, -0.15) is 0 Å². The Hall–Kier alpha value is -3.57. The zero-order valence-electron chi connectivity index (χ0n) is 18.5. The van der Waals surface area contributed by atoms with Gasteiger partial charge in [0.1, 0.15) is 0 Å². The predicted octanol–water partition coefficient (Wildman–Crippen LogP) is 1.28. The van der Waals surface area contributed by atoms with Crippen molar-refractivity contribution < 1.29 is 37.0 Å². The average molecular weight is 479 g/mol. The highest BCUT2D eigenvalue weighted by Gasteiger charge is 2.12. The van der Waals surface area contributed by atoms with Crippen LogP contribution in [0.4, 0.5) is 0 Å². The number of ether oxygens (including phenoxy) is 4. The van der Waals surface area contributed by atoms with Gasteiger partial charge in [-0.05, 0) is 47.9 Å². The molecule has 2 aromatic rings. The van der Waals surface area contributed by atoms with Gasteiger partial charge in [0.05, 0.1) is 26.2 Å². The van der Waals surface area contributed by atoms with E-state index in [4.69, 9.17) is 24.1 Å². The number of hydrogen-bond donors (Lipinski definition) is 2. The molecule has 2 rings (SSSR count). The van der Waals surface area contributed by atoms with Gasteiger partial charge >= 0.3 is 5.97 Å². The first-order chi connectivity index (χ1) is 15.7. The van der Waals surface area contributed by atoms with Crippen LogP contribution in [-0.4, -0.2) is 54.8 Å². The van der Waals surface area contributed by atoms with E-state index in [0.717, 1.165) is 5.56 Å². The molecule has 0 aromatic heterocycles. The molecule has 0 unspecified atom stereocenters. The minimum absolute atomic E-state index is 0.0155. The van der Waals surface area contributed by atoms with Gasteiger partial charge < -0.3 is 24.3 Å². The molecule has 11 heteroatoms. The summed E-state index contributed by atoms with van der Waals surface area (Å²) in [4.78, 5) is 23.8. The maximum atomic E-state index is 11.9. The zero-order chi connectivity index (χ0) is 24.4. The topological polar surface area (TPSA) is 143 Å². The van der Waals surface area contributed by atoms with Crippen molar-refractivity contribution in [1.29, 1.82) is 0 Å². The lowest BCUT2D eigenvalue weighted by atomic mass is 10.1. The summed E-state index contributed by atoms with van der Waals surface area (Å²) in [6, 6.07) is 9.34. The Labute approximate surface area is 192 Å². The summed E-state index contributed by atoms with van der Waals surface area (Å²) in [7, 11) is 0.711. The van der Waals surface area contributed by atoms with E-state index in [0.29, 0.717) is 29.2 Å². The predicted molar refractivity (Wildman–Crippen MR) is 121 cm³/mol. The molecule has 3 N–H and O–H groups in total. The summed E-state index contributed by atoms with van der Waals surface area (Å²) < 4.78 is 43.2. The number of esters is 1. The number of nitrogens with one attached hydrogen (secondary N) is 1. The molecule has 0 spiro atoms. The number of hydrogen-bond acceptors (Lipinski definition) is 8.